The number of carbonyl (C=O) groups excluding carboxylic acids is 2. The molecular formula is C15H20N2O5S. The molecule has 126 valence electrons. The van der Waals surface area contributed by atoms with Crippen molar-refractivity contribution in [3.05, 3.63) is 29.8 Å². The summed E-state index contributed by atoms with van der Waals surface area (Å²) in [4.78, 5) is 25.0. The molecule has 7 nitrogen and oxygen atoms in total. The molecule has 0 saturated carbocycles. The van der Waals surface area contributed by atoms with Gasteiger partial charge in [0.05, 0.1) is 18.1 Å². The van der Waals surface area contributed by atoms with Gasteiger partial charge in [-0.15, -0.1) is 0 Å². The molecular weight excluding hydrogens is 320 g/mol. The maximum Gasteiger partial charge on any atom is 0.240 e. The number of sulfonamides is 1. The third-order valence-corrected chi connectivity index (χ3v) is 5.00. The van der Waals surface area contributed by atoms with Gasteiger partial charge in [0.15, 0.2) is 5.78 Å². The molecule has 1 aliphatic rings. The second-order valence-electron chi connectivity index (χ2n) is 5.22. The third-order valence-electron chi connectivity index (χ3n) is 3.55. The van der Waals surface area contributed by atoms with Crippen molar-refractivity contribution in [2.45, 2.75) is 18.2 Å². The number of nitrogens with zero attached hydrogens (tertiary/aromatic N) is 1. The van der Waals surface area contributed by atoms with E-state index in [1.165, 1.54) is 25.1 Å². The van der Waals surface area contributed by atoms with Crippen LogP contribution in [0.1, 0.15) is 23.7 Å². The normalized spacial score (nSPS) is 15.4. The van der Waals surface area contributed by atoms with Crippen molar-refractivity contribution in [3.63, 3.8) is 0 Å². The number of Topliss-reactive ketones (excluding diaryl/α,β-unsaturated/α-hetero) is 1. The van der Waals surface area contributed by atoms with E-state index >= 15 is 0 Å². The Morgan fingerprint density at radius 2 is 1.96 bits per heavy atom. The van der Waals surface area contributed by atoms with Crippen LogP contribution in [0.4, 0.5) is 0 Å². The highest BCUT2D eigenvalue weighted by Gasteiger charge is 2.19. The number of ketones is 1. The van der Waals surface area contributed by atoms with Gasteiger partial charge >= 0.3 is 0 Å². The maximum atomic E-state index is 12.2. The first kappa shape index (κ1) is 17.6. The van der Waals surface area contributed by atoms with Crippen molar-refractivity contribution in [1.29, 1.82) is 0 Å². The largest absolute Gasteiger partial charge is 0.378 e. The van der Waals surface area contributed by atoms with Gasteiger partial charge < -0.3 is 9.64 Å². The molecule has 1 amide bonds. The summed E-state index contributed by atoms with van der Waals surface area (Å²) in [5, 5.41) is 0. The molecule has 1 aromatic rings. The van der Waals surface area contributed by atoms with E-state index in [1.54, 1.807) is 11.0 Å². The molecule has 1 fully saturated rings. The van der Waals surface area contributed by atoms with Gasteiger partial charge in [0, 0.05) is 31.6 Å². The zero-order chi connectivity index (χ0) is 16.9. The van der Waals surface area contributed by atoms with Gasteiger partial charge in [-0.3, -0.25) is 9.59 Å². The Balaban J connectivity index is 1.92. The molecule has 0 bridgehead atoms. The molecule has 0 aliphatic carbocycles. The molecule has 0 spiro atoms. The molecule has 1 N–H and O–H groups in total. The smallest absolute Gasteiger partial charge is 0.240 e. The van der Waals surface area contributed by atoms with E-state index in [9.17, 15) is 18.0 Å². The van der Waals surface area contributed by atoms with Crippen LogP contribution < -0.4 is 4.72 Å². The predicted molar refractivity (Wildman–Crippen MR) is 83.7 cm³/mol. The number of hydrogen-bond acceptors (Lipinski definition) is 5. The molecule has 0 radical (unpaired) electrons. The fourth-order valence-electron chi connectivity index (χ4n) is 2.23. The highest BCUT2D eigenvalue weighted by atomic mass is 32.2. The number of amides is 1. The molecule has 1 aliphatic heterocycles. The van der Waals surface area contributed by atoms with E-state index in [4.69, 9.17) is 4.74 Å². The minimum Gasteiger partial charge on any atom is -0.378 e. The lowest BCUT2D eigenvalue weighted by Crippen LogP contribution is -2.42. The van der Waals surface area contributed by atoms with Crippen molar-refractivity contribution in [3.8, 4) is 0 Å². The average Bonchev–Trinajstić information content (AvgIpc) is 2.55. The first-order valence-corrected chi connectivity index (χ1v) is 8.84. The van der Waals surface area contributed by atoms with Crippen LogP contribution in [0.2, 0.25) is 0 Å². The quantitative estimate of drug-likeness (QED) is 0.758. The zero-order valence-electron chi connectivity index (χ0n) is 12.9. The minimum absolute atomic E-state index is 0.0167. The van der Waals surface area contributed by atoms with Crippen molar-refractivity contribution in [2.75, 3.05) is 32.8 Å². The first-order chi connectivity index (χ1) is 10.9. The second-order valence-corrected chi connectivity index (χ2v) is 6.99. The number of hydrogen-bond donors (Lipinski definition) is 1. The zero-order valence-corrected chi connectivity index (χ0v) is 13.8. The average molecular weight is 340 g/mol. The van der Waals surface area contributed by atoms with Crippen molar-refractivity contribution in [2.24, 2.45) is 0 Å². The lowest BCUT2D eigenvalue weighted by molar-refractivity contribution is -0.135. The molecule has 1 saturated heterocycles. The standard InChI is InChI=1S/C15H20N2O5S/c1-12(18)13-3-2-4-14(11-13)23(20,21)16-6-5-15(19)17-7-9-22-10-8-17/h2-4,11,16H,5-10H2,1H3. The van der Waals surface area contributed by atoms with Crippen LogP contribution in [0, 0.1) is 0 Å². The van der Waals surface area contributed by atoms with Gasteiger partial charge in [-0.2, -0.15) is 0 Å². The number of benzene rings is 1. The third kappa shape index (κ3) is 4.85. The summed E-state index contributed by atoms with van der Waals surface area (Å²) in [6.07, 6.45) is 0.0889. The first-order valence-electron chi connectivity index (χ1n) is 7.36. The molecule has 0 atom stereocenters. The summed E-state index contributed by atoms with van der Waals surface area (Å²) in [5.74, 6) is -0.307. The van der Waals surface area contributed by atoms with E-state index in [-0.39, 0.29) is 29.6 Å². The van der Waals surface area contributed by atoms with Crippen molar-refractivity contribution < 1.29 is 22.7 Å². The van der Waals surface area contributed by atoms with Gasteiger partial charge in [0.2, 0.25) is 15.9 Å². The van der Waals surface area contributed by atoms with E-state index < -0.39 is 10.0 Å². The summed E-state index contributed by atoms with van der Waals surface area (Å²) in [5.41, 5.74) is 0.331. The van der Waals surface area contributed by atoms with Gasteiger partial charge in [0.25, 0.3) is 0 Å². The van der Waals surface area contributed by atoms with Gasteiger partial charge in [-0.25, -0.2) is 13.1 Å². The topological polar surface area (TPSA) is 92.8 Å². The highest BCUT2D eigenvalue weighted by molar-refractivity contribution is 7.89. The van der Waals surface area contributed by atoms with Crippen molar-refractivity contribution in [1.82, 2.24) is 9.62 Å². The van der Waals surface area contributed by atoms with Crippen LogP contribution >= 0.6 is 0 Å². The van der Waals surface area contributed by atoms with Crippen LogP contribution in [-0.2, 0) is 19.6 Å². The molecule has 0 unspecified atom stereocenters. The maximum absolute atomic E-state index is 12.2. The van der Waals surface area contributed by atoms with E-state index in [0.717, 1.165) is 0 Å². The van der Waals surface area contributed by atoms with E-state index in [1.807, 2.05) is 0 Å². The molecule has 0 aromatic heterocycles. The van der Waals surface area contributed by atoms with Gasteiger partial charge in [-0.1, -0.05) is 12.1 Å². The molecule has 1 aromatic carbocycles. The minimum atomic E-state index is -3.74. The van der Waals surface area contributed by atoms with Crippen LogP contribution in [0.5, 0.6) is 0 Å². The summed E-state index contributed by atoms with van der Waals surface area (Å²) in [6.45, 7) is 3.48. The summed E-state index contributed by atoms with van der Waals surface area (Å²) in [7, 11) is -3.74. The Kier molecular flexibility index (Phi) is 5.86. The van der Waals surface area contributed by atoms with Crippen LogP contribution in [0.25, 0.3) is 0 Å². The molecule has 2 rings (SSSR count). The lowest BCUT2D eigenvalue weighted by atomic mass is 10.2. The summed E-state index contributed by atoms with van der Waals surface area (Å²) in [6, 6.07) is 5.82. The van der Waals surface area contributed by atoms with Gasteiger partial charge in [0.1, 0.15) is 0 Å². The second kappa shape index (κ2) is 7.67. The fourth-order valence-corrected chi connectivity index (χ4v) is 3.31. The Labute approximate surface area is 135 Å². The number of carbonyl (C=O) groups is 2. The van der Waals surface area contributed by atoms with E-state index in [2.05, 4.69) is 4.72 Å². The number of nitrogens with one attached hydrogen (secondary N) is 1. The fraction of sp³-hybridized carbons (Fsp3) is 0.467. The molecule has 23 heavy (non-hydrogen) atoms. The number of rotatable bonds is 6. The molecule has 8 heteroatoms. The Bertz CT molecular complexity index is 681. The SMILES string of the molecule is CC(=O)c1cccc(S(=O)(=O)NCCC(=O)N2CCOCC2)c1. The van der Waals surface area contributed by atoms with Crippen LogP contribution in [0.15, 0.2) is 29.2 Å². The Hall–Kier alpha value is -1.77. The van der Waals surface area contributed by atoms with Gasteiger partial charge in [-0.05, 0) is 19.1 Å². The number of morpholine rings is 1. The summed E-state index contributed by atoms with van der Waals surface area (Å²) >= 11 is 0. The Morgan fingerprint density at radius 1 is 1.26 bits per heavy atom. The Morgan fingerprint density at radius 3 is 2.61 bits per heavy atom. The van der Waals surface area contributed by atoms with Crippen LogP contribution in [0.3, 0.4) is 0 Å². The van der Waals surface area contributed by atoms with Crippen molar-refractivity contribution >= 4 is 21.7 Å². The lowest BCUT2D eigenvalue weighted by Gasteiger charge is -2.26. The molecule has 1 heterocycles. The summed E-state index contributed by atoms with van der Waals surface area (Å²) < 4.78 is 32.0. The monoisotopic (exact) mass is 340 g/mol. The van der Waals surface area contributed by atoms with Crippen LogP contribution in [-0.4, -0.2) is 57.9 Å². The highest BCUT2D eigenvalue weighted by Crippen LogP contribution is 2.12. The number of ether oxygens (including phenoxy) is 1. The van der Waals surface area contributed by atoms with E-state index in [0.29, 0.717) is 31.9 Å². The predicted octanol–water partition coefficient (Wildman–Crippen LogP) is 0.416.